The van der Waals surface area contributed by atoms with Crippen LogP contribution in [0.4, 0.5) is 0 Å². The molecule has 0 amide bonds. The van der Waals surface area contributed by atoms with E-state index in [0.717, 1.165) is 4.90 Å². The predicted octanol–water partition coefficient (Wildman–Crippen LogP) is 5.45. The van der Waals surface area contributed by atoms with E-state index in [2.05, 4.69) is 53.7 Å². The van der Waals surface area contributed by atoms with Crippen LogP contribution in [0.1, 0.15) is 77.0 Å². The van der Waals surface area contributed by atoms with E-state index in [4.69, 9.17) is 12.6 Å². The highest BCUT2D eigenvalue weighted by atomic mass is 32.1. The fraction of sp³-hybridized carbons (Fsp3) is 0.647. The number of thiol groups is 1. The van der Waals surface area contributed by atoms with Gasteiger partial charge in [0.1, 0.15) is 0 Å². The molecule has 100 valence electrons. The summed E-state index contributed by atoms with van der Waals surface area (Å²) in [6.45, 7) is 14.0. The van der Waals surface area contributed by atoms with Crippen molar-refractivity contribution in [1.29, 1.82) is 0 Å². The van der Waals surface area contributed by atoms with Gasteiger partial charge in [0.05, 0.1) is 0 Å². The van der Waals surface area contributed by atoms with Crippen molar-refractivity contribution in [3.63, 3.8) is 0 Å². The number of rotatable bonds is 1. The van der Waals surface area contributed by atoms with Gasteiger partial charge in [-0.2, -0.15) is 0 Å². The second-order valence-electron chi connectivity index (χ2n) is 7.38. The van der Waals surface area contributed by atoms with Crippen LogP contribution in [0.25, 0.3) is 0 Å². The van der Waals surface area contributed by atoms with Crippen LogP contribution in [0.15, 0.2) is 17.0 Å². The van der Waals surface area contributed by atoms with E-state index in [1.807, 2.05) is 0 Å². The number of benzene rings is 1. The minimum atomic E-state index is 0.290. The fourth-order valence-corrected chi connectivity index (χ4v) is 3.53. The summed E-state index contributed by atoms with van der Waals surface area (Å²) in [7, 11) is 0. The zero-order valence-corrected chi connectivity index (χ0v) is 13.5. The molecule has 1 aromatic carbocycles. The summed E-state index contributed by atoms with van der Waals surface area (Å²) in [4.78, 5) is 1.16. The van der Waals surface area contributed by atoms with E-state index in [0.29, 0.717) is 11.3 Å². The highest BCUT2D eigenvalue weighted by Gasteiger charge is 2.37. The summed E-state index contributed by atoms with van der Waals surface area (Å²) in [6.07, 6.45) is 2.54. The van der Waals surface area contributed by atoms with Gasteiger partial charge in [-0.3, -0.25) is 0 Å². The van der Waals surface area contributed by atoms with Crippen LogP contribution >= 0.6 is 12.6 Å². The zero-order chi connectivity index (χ0) is 13.7. The van der Waals surface area contributed by atoms with Crippen molar-refractivity contribution in [2.45, 2.75) is 76.0 Å². The van der Waals surface area contributed by atoms with Crippen molar-refractivity contribution >= 4 is 12.6 Å². The van der Waals surface area contributed by atoms with Gasteiger partial charge >= 0.3 is 0 Å². The second kappa shape index (κ2) is 4.30. The number of hydrogen-bond donors (Lipinski definition) is 1. The van der Waals surface area contributed by atoms with Crippen LogP contribution in [-0.2, 0) is 10.8 Å². The van der Waals surface area contributed by atoms with Gasteiger partial charge < -0.3 is 0 Å². The SMILES string of the molecule is CC(C)c1cc2c(cc1S)C(C)(C)CCC2(C)C. The van der Waals surface area contributed by atoms with Crippen molar-refractivity contribution in [3.8, 4) is 0 Å². The Morgan fingerprint density at radius 1 is 0.944 bits per heavy atom. The van der Waals surface area contributed by atoms with Crippen LogP contribution in [0.5, 0.6) is 0 Å². The topological polar surface area (TPSA) is 0 Å². The maximum absolute atomic E-state index is 4.71. The first-order chi connectivity index (χ1) is 8.15. The maximum atomic E-state index is 4.71. The standard InChI is InChI=1S/C17H26S/c1-11(2)12-9-13-14(10-15(12)18)17(5,6)8-7-16(13,3)4/h9-11,18H,7-8H2,1-6H3. The summed E-state index contributed by atoms with van der Waals surface area (Å²) < 4.78 is 0. The lowest BCUT2D eigenvalue weighted by Crippen LogP contribution is -2.34. The van der Waals surface area contributed by atoms with Crippen LogP contribution < -0.4 is 0 Å². The molecule has 0 bridgehead atoms. The first-order valence-electron chi connectivity index (χ1n) is 7.03. The van der Waals surface area contributed by atoms with E-state index in [1.54, 1.807) is 5.56 Å². The van der Waals surface area contributed by atoms with Crippen LogP contribution in [0, 0.1) is 0 Å². The predicted molar refractivity (Wildman–Crippen MR) is 83.1 cm³/mol. The Morgan fingerprint density at radius 2 is 1.39 bits per heavy atom. The monoisotopic (exact) mass is 262 g/mol. The second-order valence-corrected chi connectivity index (χ2v) is 7.86. The van der Waals surface area contributed by atoms with Gasteiger partial charge in [0.15, 0.2) is 0 Å². The van der Waals surface area contributed by atoms with Crippen molar-refractivity contribution in [2.24, 2.45) is 0 Å². The highest BCUT2D eigenvalue weighted by Crippen LogP contribution is 2.47. The van der Waals surface area contributed by atoms with Crippen molar-refractivity contribution in [3.05, 3.63) is 28.8 Å². The summed E-state index contributed by atoms with van der Waals surface area (Å²) in [5, 5.41) is 0. The molecule has 1 aliphatic carbocycles. The van der Waals surface area contributed by atoms with E-state index >= 15 is 0 Å². The highest BCUT2D eigenvalue weighted by molar-refractivity contribution is 7.80. The van der Waals surface area contributed by atoms with E-state index in [-0.39, 0.29) is 5.41 Å². The fourth-order valence-electron chi connectivity index (χ4n) is 3.08. The van der Waals surface area contributed by atoms with Gasteiger partial charge in [-0.1, -0.05) is 47.6 Å². The maximum Gasteiger partial charge on any atom is 0.00778 e. The van der Waals surface area contributed by atoms with Gasteiger partial charge in [0.2, 0.25) is 0 Å². The molecule has 0 saturated carbocycles. The molecule has 0 saturated heterocycles. The van der Waals surface area contributed by atoms with Crippen molar-refractivity contribution in [2.75, 3.05) is 0 Å². The molecule has 0 atom stereocenters. The third-order valence-electron chi connectivity index (χ3n) is 4.62. The van der Waals surface area contributed by atoms with Gasteiger partial charge in [-0.15, -0.1) is 12.6 Å². The molecule has 0 heterocycles. The molecule has 0 spiro atoms. The average molecular weight is 262 g/mol. The van der Waals surface area contributed by atoms with Gasteiger partial charge in [-0.25, -0.2) is 0 Å². The van der Waals surface area contributed by atoms with Crippen LogP contribution in [-0.4, -0.2) is 0 Å². The summed E-state index contributed by atoms with van der Waals surface area (Å²) in [6, 6.07) is 4.75. The third-order valence-corrected chi connectivity index (χ3v) is 5.01. The smallest absolute Gasteiger partial charge is 0.00778 e. The first-order valence-corrected chi connectivity index (χ1v) is 7.48. The minimum absolute atomic E-state index is 0.290. The molecular formula is C17H26S. The lowest BCUT2D eigenvalue weighted by Gasteiger charge is -2.42. The van der Waals surface area contributed by atoms with Crippen molar-refractivity contribution in [1.82, 2.24) is 0 Å². The first kappa shape index (κ1) is 14.0. The summed E-state index contributed by atoms with van der Waals surface area (Å²) >= 11 is 4.71. The lowest BCUT2D eigenvalue weighted by atomic mass is 9.63. The van der Waals surface area contributed by atoms with Gasteiger partial charge in [-0.05, 0) is 52.3 Å². The average Bonchev–Trinajstić information content (AvgIpc) is 2.24. The van der Waals surface area contributed by atoms with Crippen LogP contribution in [0.2, 0.25) is 0 Å². The normalized spacial score (nSPS) is 20.9. The summed E-state index contributed by atoms with van der Waals surface area (Å²) in [5.74, 6) is 0.545. The van der Waals surface area contributed by atoms with Gasteiger partial charge in [0.25, 0.3) is 0 Å². The molecule has 0 radical (unpaired) electrons. The number of fused-ring (bicyclic) bond motifs is 1. The molecule has 2 rings (SSSR count). The zero-order valence-electron chi connectivity index (χ0n) is 12.6. The molecule has 0 nitrogen and oxygen atoms in total. The van der Waals surface area contributed by atoms with Crippen molar-refractivity contribution < 1.29 is 0 Å². The minimum Gasteiger partial charge on any atom is -0.143 e. The molecule has 18 heavy (non-hydrogen) atoms. The van der Waals surface area contributed by atoms with E-state index in [1.165, 1.54) is 24.0 Å². The molecule has 1 aliphatic rings. The largest absolute Gasteiger partial charge is 0.143 e. The lowest BCUT2D eigenvalue weighted by molar-refractivity contribution is 0.330. The quantitative estimate of drug-likeness (QED) is 0.639. The molecule has 0 N–H and O–H groups in total. The molecular weight excluding hydrogens is 236 g/mol. The Morgan fingerprint density at radius 3 is 1.83 bits per heavy atom. The Bertz CT molecular complexity index is 467. The Balaban J connectivity index is 2.69. The van der Waals surface area contributed by atoms with E-state index < -0.39 is 0 Å². The molecule has 1 aromatic rings. The van der Waals surface area contributed by atoms with Gasteiger partial charge in [0, 0.05) is 4.90 Å². The molecule has 0 unspecified atom stereocenters. The molecule has 0 fully saturated rings. The Hall–Kier alpha value is -0.430. The summed E-state index contributed by atoms with van der Waals surface area (Å²) in [5.41, 5.74) is 5.03. The van der Waals surface area contributed by atoms with Crippen LogP contribution in [0.3, 0.4) is 0 Å². The molecule has 1 heteroatoms. The molecule has 0 aliphatic heterocycles. The van der Waals surface area contributed by atoms with E-state index in [9.17, 15) is 0 Å². The molecule has 0 aromatic heterocycles. The number of hydrogen-bond acceptors (Lipinski definition) is 1. The Kier molecular flexibility index (Phi) is 3.34. The Labute approximate surface area is 118 Å². The third kappa shape index (κ3) is 2.22.